The van der Waals surface area contributed by atoms with E-state index >= 15 is 0 Å². The van der Waals surface area contributed by atoms with E-state index in [0.29, 0.717) is 6.61 Å². The Balaban J connectivity index is 1.90. The summed E-state index contributed by atoms with van der Waals surface area (Å²) in [7, 11) is 2.16. The van der Waals surface area contributed by atoms with Crippen molar-refractivity contribution in [1.29, 1.82) is 0 Å². The molecule has 0 aliphatic carbocycles. The maximum Gasteiger partial charge on any atom is 0.120 e. The third-order valence-electron chi connectivity index (χ3n) is 4.00. The second-order valence-corrected chi connectivity index (χ2v) is 5.83. The van der Waals surface area contributed by atoms with Crippen molar-refractivity contribution in [3.63, 3.8) is 0 Å². The molecule has 3 rings (SSSR count). The summed E-state index contributed by atoms with van der Waals surface area (Å²) in [4.78, 5) is 6.97. The fraction of sp³-hybridized carbons (Fsp3) is 0.471. The standard InChI is InChI=1S/C17H24N4O/c1-4-22-14-5-6-16-15(12-14)17(11-13(2)18-16)19-21-9-7-20(3)8-10-21/h5-6,11-12H,4,7-10H2,1-3H3,(H,18,19). The molecule has 1 fully saturated rings. The van der Waals surface area contributed by atoms with Gasteiger partial charge in [0, 0.05) is 37.3 Å². The average molecular weight is 300 g/mol. The molecule has 1 aliphatic rings. The monoisotopic (exact) mass is 300 g/mol. The van der Waals surface area contributed by atoms with Gasteiger partial charge in [-0.2, -0.15) is 0 Å². The molecule has 1 saturated heterocycles. The summed E-state index contributed by atoms with van der Waals surface area (Å²) in [6.07, 6.45) is 0. The largest absolute Gasteiger partial charge is 0.494 e. The number of ether oxygens (including phenoxy) is 1. The van der Waals surface area contributed by atoms with Gasteiger partial charge in [-0.1, -0.05) is 0 Å². The molecule has 0 radical (unpaired) electrons. The third kappa shape index (κ3) is 3.31. The lowest BCUT2D eigenvalue weighted by Crippen LogP contribution is -2.46. The number of piperazine rings is 1. The minimum atomic E-state index is 0.673. The van der Waals surface area contributed by atoms with Crippen molar-refractivity contribution in [3.8, 4) is 5.75 Å². The van der Waals surface area contributed by atoms with Gasteiger partial charge < -0.3 is 15.1 Å². The summed E-state index contributed by atoms with van der Waals surface area (Å²) in [6, 6.07) is 8.19. The Morgan fingerprint density at radius 2 is 1.95 bits per heavy atom. The lowest BCUT2D eigenvalue weighted by molar-refractivity contribution is 0.179. The number of rotatable bonds is 4. The van der Waals surface area contributed by atoms with Crippen LogP contribution in [0, 0.1) is 6.92 Å². The number of nitrogens with zero attached hydrogens (tertiary/aromatic N) is 3. The van der Waals surface area contributed by atoms with Gasteiger partial charge in [0.25, 0.3) is 0 Å². The van der Waals surface area contributed by atoms with Crippen LogP contribution in [-0.4, -0.2) is 54.7 Å². The molecule has 2 heterocycles. The SMILES string of the molecule is CCOc1ccc2nc(C)cc(NN3CCN(C)CC3)c2c1. The van der Waals surface area contributed by atoms with Gasteiger partial charge in [-0.3, -0.25) is 4.98 Å². The molecule has 0 spiro atoms. The summed E-state index contributed by atoms with van der Waals surface area (Å²) in [5.41, 5.74) is 6.69. The molecular formula is C17H24N4O. The smallest absolute Gasteiger partial charge is 0.120 e. The van der Waals surface area contributed by atoms with Crippen LogP contribution in [0.15, 0.2) is 24.3 Å². The summed E-state index contributed by atoms with van der Waals surface area (Å²) in [6.45, 7) is 8.91. The van der Waals surface area contributed by atoms with Crippen molar-refractivity contribution in [3.05, 3.63) is 30.0 Å². The van der Waals surface area contributed by atoms with E-state index < -0.39 is 0 Å². The highest BCUT2D eigenvalue weighted by atomic mass is 16.5. The molecule has 0 atom stereocenters. The van der Waals surface area contributed by atoms with E-state index in [9.17, 15) is 0 Å². The van der Waals surface area contributed by atoms with Gasteiger partial charge in [-0.15, -0.1) is 0 Å². The second-order valence-electron chi connectivity index (χ2n) is 5.83. The van der Waals surface area contributed by atoms with Crippen molar-refractivity contribution in [2.75, 3.05) is 45.3 Å². The molecule has 2 aromatic rings. The number of likely N-dealkylation sites (N-methyl/N-ethyl adjacent to an activating group) is 1. The highest BCUT2D eigenvalue weighted by Crippen LogP contribution is 2.27. The van der Waals surface area contributed by atoms with E-state index in [4.69, 9.17) is 4.74 Å². The zero-order chi connectivity index (χ0) is 15.5. The zero-order valence-electron chi connectivity index (χ0n) is 13.6. The summed E-state index contributed by atoms with van der Waals surface area (Å²) in [5, 5.41) is 3.39. The Bertz CT molecular complexity index is 650. The zero-order valence-corrected chi connectivity index (χ0v) is 13.6. The van der Waals surface area contributed by atoms with Crippen LogP contribution in [0.2, 0.25) is 0 Å². The molecule has 0 unspecified atom stereocenters. The lowest BCUT2D eigenvalue weighted by atomic mass is 10.1. The average Bonchev–Trinajstić information content (AvgIpc) is 2.50. The Morgan fingerprint density at radius 1 is 1.18 bits per heavy atom. The van der Waals surface area contributed by atoms with Crippen LogP contribution in [0.25, 0.3) is 10.9 Å². The van der Waals surface area contributed by atoms with E-state index in [0.717, 1.165) is 54.2 Å². The van der Waals surface area contributed by atoms with Crippen molar-refractivity contribution < 1.29 is 4.74 Å². The van der Waals surface area contributed by atoms with Gasteiger partial charge in [0.15, 0.2) is 0 Å². The summed E-state index contributed by atoms with van der Waals surface area (Å²) >= 11 is 0. The van der Waals surface area contributed by atoms with Crippen LogP contribution in [0.3, 0.4) is 0 Å². The Labute approximate surface area is 131 Å². The fourth-order valence-electron chi connectivity index (χ4n) is 2.77. The van der Waals surface area contributed by atoms with Crippen LogP contribution in [-0.2, 0) is 0 Å². The second kappa shape index (κ2) is 6.50. The van der Waals surface area contributed by atoms with Gasteiger partial charge in [-0.25, -0.2) is 5.01 Å². The van der Waals surface area contributed by atoms with Gasteiger partial charge in [-0.05, 0) is 45.2 Å². The van der Waals surface area contributed by atoms with Crippen LogP contribution < -0.4 is 10.2 Å². The molecule has 1 aliphatic heterocycles. The number of anilines is 1. The summed E-state index contributed by atoms with van der Waals surface area (Å²) in [5.74, 6) is 0.891. The maximum absolute atomic E-state index is 5.63. The molecule has 1 aromatic carbocycles. The molecule has 0 saturated carbocycles. The molecular weight excluding hydrogens is 276 g/mol. The number of fused-ring (bicyclic) bond motifs is 1. The number of aryl methyl sites for hydroxylation is 1. The van der Waals surface area contributed by atoms with Gasteiger partial charge in [0.2, 0.25) is 0 Å². The predicted molar refractivity (Wildman–Crippen MR) is 90.3 cm³/mol. The van der Waals surface area contributed by atoms with Crippen molar-refractivity contribution in [1.82, 2.24) is 14.9 Å². The first-order chi connectivity index (χ1) is 10.7. The Hall–Kier alpha value is -1.85. The highest BCUT2D eigenvalue weighted by Gasteiger charge is 2.15. The number of benzene rings is 1. The molecule has 5 nitrogen and oxygen atoms in total. The number of hydrazine groups is 1. The van der Waals surface area contributed by atoms with E-state index in [1.54, 1.807) is 0 Å². The molecule has 118 valence electrons. The van der Waals surface area contributed by atoms with E-state index in [2.05, 4.69) is 39.5 Å². The summed E-state index contributed by atoms with van der Waals surface area (Å²) < 4.78 is 5.63. The first-order valence-electron chi connectivity index (χ1n) is 7.90. The normalized spacial score (nSPS) is 16.9. The van der Waals surface area contributed by atoms with Crippen molar-refractivity contribution in [2.45, 2.75) is 13.8 Å². The number of aromatic nitrogens is 1. The fourth-order valence-corrected chi connectivity index (χ4v) is 2.77. The number of hydrogen-bond donors (Lipinski definition) is 1. The first-order valence-corrected chi connectivity index (χ1v) is 7.90. The Kier molecular flexibility index (Phi) is 4.45. The molecule has 5 heteroatoms. The molecule has 0 amide bonds. The molecule has 1 aromatic heterocycles. The predicted octanol–water partition coefficient (Wildman–Crippen LogP) is 2.52. The number of nitrogens with one attached hydrogen (secondary N) is 1. The van der Waals surface area contributed by atoms with Crippen LogP contribution >= 0.6 is 0 Å². The highest BCUT2D eigenvalue weighted by molar-refractivity contribution is 5.92. The van der Waals surface area contributed by atoms with Crippen LogP contribution in [0.5, 0.6) is 5.75 Å². The quantitative estimate of drug-likeness (QED) is 0.939. The van der Waals surface area contributed by atoms with E-state index in [1.807, 2.05) is 26.0 Å². The lowest BCUT2D eigenvalue weighted by Gasteiger charge is -2.33. The Morgan fingerprint density at radius 3 is 2.68 bits per heavy atom. The van der Waals surface area contributed by atoms with Gasteiger partial charge >= 0.3 is 0 Å². The van der Waals surface area contributed by atoms with Gasteiger partial charge in [0.05, 0.1) is 17.8 Å². The topological polar surface area (TPSA) is 40.6 Å². The third-order valence-corrected chi connectivity index (χ3v) is 4.00. The van der Waals surface area contributed by atoms with Crippen molar-refractivity contribution >= 4 is 16.6 Å². The molecule has 22 heavy (non-hydrogen) atoms. The maximum atomic E-state index is 5.63. The first kappa shape index (κ1) is 15.1. The van der Waals surface area contributed by atoms with Crippen molar-refractivity contribution in [2.24, 2.45) is 0 Å². The van der Waals surface area contributed by atoms with Crippen LogP contribution in [0.1, 0.15) is 12.6 Å². The molecule has 0 bridgehead atoms. The van der Waals surface area contributed by atoms with Crippen LogP contribution in [0.4, 0.5) is 5.69 Å². The minimum absolute atomic E-state index is 0.673. The van der Waals surface area contributed by atoms with E-state index in [-0.39, 0.29) is 0 Å². The van der Waals surface area contributed by atoms with Gasteiger partial charge in [0.1, 0.15) is 5.75 Å². The number of pyridine rings is 1. The van der Waals surface area contributed by atoms with E-state index in [1.165, 1.54) is 0 Å². The minimum Gasteiger partial charge on any atom is -0.494 e. The number of hydrogen-bond acceptors (Lipinski definition) is 5. The molecule has 1 N–H and O–H groups in total.